The lowest BCUT2D eigenvalue weighted by atomic mass is 10.3. The number of carbonyl (C=O) groups excluding carboxylic acids is 1. The van der Waals surface area contributed by atoms with Gasteiger partial charge in [-0.25, -0.2) is 4.98 Å². The Morgan fingerprint density at radius 1 is 1.37 bits per heavy atom. The fraction of sp³-hybridized carbons (Fsp3) is 0.150. The maximum Gasteiger partial charge on any atom is 0.279 e. The Labute approximate surface area is 173 Å². The molecule has 30 heavy (non-hydrogen) atoms. The number of nitrogens with two attached hydrogens (primary N) is 1. The van der Waals surface area contributed by atoms with Crippen molar-refractivity contribution in [1.29, 1.82) is 0 Å². The molecule has 0 saturated heterocycles. The highest BCUT2D eigenvalue weighted by molar-refractivity contribution is 6.04. The number of hydrazone groups is 1. The molecule has 0 aromatic carbocycles. The number of aliphatic imine (C=N–C) groups is 1. The summed E-state index contributed by atoms with van der Waals surface area (Å²) in [4.78, 5) is 32.6. The van der Waals surface area contributed by atoms with Gasteiger partial charge < -0.3 is 16.4 Å². The van der Waals surface area contributed by atoms with Crippen molar-refractivity contribution < 1.29 is 4.79 Å². The summed E-state index contributed by atoms with van der Waals surface area (Å²) in [5, 5.41) is 11.8. The van der Waals surface area contributed by atoms with Gasteiger partial charge in [-0.05, 0) is 37.4 Å². The third-order valence-electron chi connectivity index (χ3n) is 4.28. The quantitative estimate of drug-likeness (QED) is 0.479. The third kappa shape index (κ3) is 4.43. The van der Waals surface area contributed by atoms with Gasteiger partial charge in [0.25, 0.3) is 11.5 Å². The zero-order chi connectivity index (χ0) is 21.7. The maximum atomic E-state index is 13.0. The number of hydrogen-bond acceptors (Lipinski definition) is 8. The Hall–Kier alpha value is -4.21. The van der Waals surface area contributed by atoms with Crippen LogP contribution in [0.3, 0.4) is 0 Å². The fourth-order valence-corrected chi connectivity index (χ4v) is 2.77. The summed E-state index contributed by atoms with van der Waals surface area (Å²) in [5.74, 6) is 0.146. The number of pyridine rings is 2. The topological polar surface area (TPSA) is 130 Å². The maximum absolute atomic E-state index is 13.0. The monoisotopic (exact) mass is 406 g/mol. The molecule has 0 spiro atoms. The zero-order valence-electron chi connectivity index (χ0n) is 16.7. The van der Waals surface area contributed by atoms with Gasteiger partial charge in [0.2, 0.25) is 0 Å². The summed E-state index contributed by atoms with van der Waals surface area (Å²) in [6.45, 7) is 5.55. The normalized spacial score (nSPS) is 13.9. The molecule has 3 rings (SSSR count). The van der Waals surface area contributed by atoms with Crippen molar-refractivity contribution >= 4 is 24.1 Å². The van der Waals surface area contributed by atoms with E-state index in [1.54, 1.807) is 43.7 Å². The summed E-state index contributed by atoms with van der Waals surface area (Å²) >= 11 is 0. The van der Waals surface area contributed by atoms with Crippen molar-refractivity contribution in [2.75, 3.05) is 18.9 Å². The van der Waals surface area contributed by atoms with E-state index in [0.717, 1.165) is 11.3 Å². The van der Waals surface area contributed by atoms with E-state index in [0.29, 0.717) is 17.3 Å². The van der Waals surface area contributed by atoms with Crippen molar-refractivity contribution in [3.05, 3.63) is 76.2 Å². The number of primary amides is 1. The molecular formula is C20H22N8O2. The molecule has 1 aliphatic heterocycles. The number of nitrogens with one attached hydrogen (secondary N) is 2. The average Bonchev–Trinajstić information content (AvgIpc) is 2.73. The van der Waals surface area contributed by atoms with E-state index in [1.165, 1.54) is 15.8 Å². The van der Waals surface area contributed by atoms with Crippen LogP contribution >= 0.6 is 0 Å². The molecule has 4 N–H and O–H groups in total. The second-order valence-electron chi connectivity index (χ2n) is 6.44. The van der Waals surface area contributed by atoms with Crippen LogP contribution in [-0.4, -0.2) is 46.6 Å². The molecule has 10 heteroatoms. The van der Waals surface area contributed by atoms with E-state index in [4.69, 9.17) is 5.73 Å². The molecule has 10 nitrogen and oxygen atoms in total. The molecule has 1 aliphatic rings. The predicted octanol–water partition coefficient (Wildman–Crippen LogP) is 0.713. The average molecular weight is 406 g/mol. The Balaban J connectivity index is 1.97. The minimum atomic E-state index is -0.699. The summed E-state index contributed by atoms with van der Waals surface area (Å²) < 4.78 is 1.43. The molecule has 0 fully saturated rings. The first kappa shape index (κ1) is 20.5. The van der Waals surface area contributed by atoms with E-state index >= 15 is 0 Å². The number of likely N-dealkylation sites (N-methyl/N-ethyl adjacent to an activating group) is 1. The van der Waals surface area contributed by atoms with E-state index < -0.39 is 5.91 Å². The lowest BCUT2D eigenvalue weighted by molar-refractivity contribution is -0.116. The highest BCUT2D eigenvalue weighted by Gasteiger charge is 2.21. The van der Waals surface area contributed by atoms with Gasteiger partial charge in [-0.1, -0.05) is 6.07 Å². The highest BCUT2D eigenvalue weighted by Crippen LogP contribution is 2.14. The first-order valence-corrected chi connectivity index (χ1v) is 9.05. The van der Waals surface area contributed by atoms with Crippen molar-refractivity contribution in [3.63, 3.8) is 0 Å². The van der Waals surface area contributed by atoms with Gasteiger partial charge in [0, 0.05) is 31.2 Å². The molecule has 154 valence electrons. The van der Waals surface area contributed by atoms with Crippen LogP contribution in [0.2, 0.25) is 0 Å². The van der Waals surface area contributed by atoms with Crippen molar-refractivity contribution in [2.24, 2.45) is 15.8 Å². The molecule has 0 atom stereocenters. The van der Waals surface area contributed by atoms with Gasteiger partial charge in [-0.3, -0.25) is 24.2 Å². The standard InChI is InChI=1S/C20H22N8O2/c1-13-6-7-18(24-10-13)27-8-4-5-15(20(27)30)25-17-9-14(23-3)12-28(26-17)16(11-22-2)19(21)29/h4-11,23H,2,12H2,1,3H3,(H2,21,29)(H,25,26)/b16-11-. The third-order valence-corrected chi connectivity index (χ3v) is 4.28. The molecular weight excluding hydrogens is 384 g/mol. The lowest BCUT2D eigenvalue weighted by Crippen LogP contribution is -2.37. The van der Waals surface area contributed by atoms with E-state index in [9.17, 15) is 9.59 Å². The molecule has 1 amide bonds. The van der Waals surface area contributed by atoms with Crippen LogP contribution in [-0.2, 0) is 4.79 Å². The van der Waals surface area contributed by atoms with E-state index in [-0.39, 0.29) is 17.8 Å². The number of aromatic nitrogens is 2. The molecule has 0 radical (unpaired) electrons. The summed E-state index contributed by atoms with van der Waals surface area (Å²) in [5.41, 5.74) is 7.24. The number of carbonyl (C=O) groups is 1. The molecule has 3 heterocycles. The zero-order valence-corrected chi connectivity index (χ0v) is 16.7. The smallest absolute Gasteiger partial charge is 0.279 e. The number of rotatable bonds is 6. The van der Waals surface area contributed by atoms with Crippen LogP contribution in [0.5, 0.6) is 0 Å². The Morgan fingerprint density at radius 2 is 2.17 bits per heavy atom. The second-order valence-corrected chi connectivity index (χ2v) is 6.44. The molecule has 2 aromatic rings. The number of anilines is 1. The molecule has 0 unspecified atom stereocenters. The van der Waals surface area contributed by atoms with Gasteiger partial charge in [0.1, 0.15) is 17.2 Å². The Morgan fingerprint density at radius 3 is 2.80 bits per heavy atom. The summed E-state index contributed by atoms with van der Waals surface area (Å²) in [6, 6.07) is 7.01. The van der Waals surface area contributed by atoms with Crippen LogP contribution in [0.4, 0.5) is 5.69 Å². The Kier molecular flexibility index (Phi) is 6.06. The van der Waals surface area contributed by atoms with Crippen LogP contribution in [0.15, 0.2) is 75.2 Å². The number of amidine groups is 1. The van der Waals surface area contributed by atoms with Gasteiger partial charge in [-0.2, -0.15) is 5.10 Å². The van der Waals surface area contributed by atoms with Crippen LogP contribution in [0.25, 0.3) is 5.82 Å². The van der Waals surface area contributed by atoms with Gasteiger partial charge in [-0.15, -0.1) is 0 Å². The lowest BCUT2D eigenvalue weighted by Gasteiger charge is -2.26. The van der Waals surface area contributed by atoms with E-state index in [2.05, 4.69) is 32.4 Å². The second kappa shape index (κ2) is 8.86. The fourth-order valence-electron chi connectivity index (χ4n) is 2.77. The summed E-state index contributed by atoms with van der Waals surface area (Å²) in [6.07, 6.45) is 6.30. The molecule has 0 bridgehead atoms. The first-order valence-electron chi connectivity index (χ1n) is 9.05. The van der Waals surface area contributed by atoms with Crippen molar-refractivity contribution in [3.8, 4) is 5.82 Å². The minimum Gasteiger partial charge on any atom is -0.390 e. The summed E-state index contributed by atoms with van der Waals surface area (Å²) in [7, 11) is 1.74. The van der Waals surface area contributed by atoms with Gasteiger partial charge >= 0.3 is 0 Å². The number of hydrogen-bond donors (Lipinski definition) is 3. The van der Waals surface area contributed by atoms with Crippen LogP contribution in [0, 0.1) is 6.92 Å². The minimum absolute atomic E-state index is 0.0690. The van der Waals surface area contributed by atoms with Crippen LogP contribution < -0.4 is 21.9 Å². The first-order chi connectivity index (χ1) is 14.4. The van der Waals surface area contributed by atoms with Crippen molar-refractivity contribution in [2.45, 2.75) is 6.92 Å². The largest absolute Gasteiger partial charge is 0.390 e. The Bertz CT molecular complexity index is 1110. The van der Waals surface area contributed by atoms with Crippen molar-refractivity contribution in [1.82, 2.24) is 19.9 Å². The molecule has 0 saturated carbocycles. The molecule has 0 aliphatic carbocycles. The highest BCUT2D eigenvalue weighted by atomic mass is 16.1. The molecule has 2 aromatic heterocycles. The van der Waals surface area contributed by atoms with Crippen LogP contribution in [0.1, 0.15) is 5.56 Å². The number of amides is 1. The number of nitrogens with zero attached hydrogens (tertiary/aromatic N) is 5. The van der Waals surface area contributed by atoms with Gasteiger partial charge in [0.15, 0.2) is 5.84 Å². The SMILES string of the molecule is C=N/C=C(/C(N)=O)N1CC(NC)=CC(Nc2cccn(-c3ccc(C)cn3)c2=O)=N1. The van der Waals surface area contributed by atoms with E-state index in [1.807, 2.05) is 13.0 Å². The predicted molar refractivity (Wildman–Crippen MR) is 116 cm³/mol. The van der Waals surface area contributed by atoms with Gasteiger partial charge in [0.05, 0.1) is 12.7 Å². The number of aryl methyl sites for hydroxylation is 1.